The van der Waals surface area contributed by atoms with Gasteiger partial charge in [-0.3, -0.25) is 4.99 Å². The monoisotopic (exact) mass is 502 g/mol. The topological polar surface area (TPSA) is 39.7 Å². The van der Waals surface area contributed by atoms with E-state index in [4.69, 9.17) is 0 Å². The Morgan fingerprint density at radius 3 is 2.44 bits per heavy atom. The third-order valence-corrected chi connectivity index (χ3v) is 6.92. The molecule has 1 heterocycles. The van der Waals surface area contributed by atoms with Crippen molar-refractivity contribution in [2.24, 2.45) is 10.9 Å². The third kappa shape index (κ3) is 6.73. The van der Waals surface area contributed by atoms with Gasteiger partial charge < -0.3 is 15.5 Å². The summed E-state index contributed by atoms with van der Waals surface area (Å²) in [7, 11) is 1.86. The molecule has 2 N–H and O–H groups in total. The molecule has 0 spiro atoms. The largest absolute Gasteiger partial charge is 0.372 e. The van der Waals surface area contributed by atoms with Crippen LogP contribution in [0.2, 0.25) is 0 Å². The zero-order valence-corrected chi connectivity index (χ0v) is 20.1. The molecular formula is C21H35IN4S. The van der Waals surface area contributed by atoms with E-state index in [1.807, 2.05) is 18.8 Å². The molecule has 152 valence electrons. The second kappa shape index (κ2) is 11.4. The van der Waals surface area contributed by atoms with Gasteiger partial charge >= 0.3 is 0 Å². The Morgan fingerprint density at radius 1 is 1.15 bits per heavy atom. The number of anilines is 1. The van der Waals surface area contributed by atoms with Gasteiger partial charge in [-0.2, -0.15) is 11.8 Å². The lowest BCUT2D eigenvalue weighted by Gasteiger charge is -2.32. The third-order valence-electron chi connectivity index (χ3n) is 5.83. The molecule has 1 aromatic rings. The van der Waals surface area contributed by atoms with Crippen LogP contribution in [0.3, 0.4) is 0 Å². The van der Waals surface area contributed by atoms with Gasteiger partial charge in [0.15, 0.2) is 5.96 Å². The maximum Gasteiger partial charge on any atom is 0.191 e. The summed E-state index contributed by atoms with van der Waals surface area (Å²) in [5, 5.41) is 7.86. The van der Waals surface area contributed by atoms with Crippen molar-refractivity contribution in [3.63, 3.8) is 0 Å². The average molecular weight is 503 g/mol. The number of thioether (sulfide) groups is 1. The Morgan fingerprint density at radius 2 is 1.85 bits per heavy atom. The van der Waals surface area contributed by atoms with Crippen molar-refractivity contribution in [1.82, 2.24) is 10.6 Å². The number of guanidine groups is 1. The van der Waals surface area contributed by atoms with Crippen LogP contribution in [0.5, 0.6) is 0 Å². The Bertz CT molecular complexity index is 584. The molecule has 1 saturated heterocycles. The summed E-state index contributed by atoms with van der Waals surface area (Å²) in [6.45, 7) is 5.55. The van der Waals surface area contributed by atoms with E-state index in [2.05, 4.69) is 58.0 Å². The molecule has 2 atom stereocenters. The Hall–Kier alpha value is -0.630. The molecular weight excluding hydrogens is 467 g/mol. The lowest BCUT2D eigenvalue weighted by molar-refractivity contribution is 0.438. The Kier molecular flexibility index (Phi) is 9.56. The molecule has 2 aliphatic rings. The second-order valence-corrected chi connectivity index (χ2v) is 8.91. The van der Waals surface area contributed by atoms with Gasteiger partial charge in [0.1, 0.15) is 0 Å². The summed E-state index contributed by atoms with van der Waals surface area (Å²) >= 11 is 1.99. The zero-order valence-electron chi connectivity index (χ0n) is 16.9. The standard InChI is InChI=1S/C21H34N4S.HI/c1-16-10-12-25(13-11-16)19-7-4-17(5-8-19)15-23-21(22-2)24-18-6-9-20(14-18)26-3;/h4-5,7-8,16,18,20H,6,9-15H2,1-3H3,(H2,22,23,24);1H. The van der Waals surface area contributed by atoms with Crippen LogP contribution in [-0.2, 0) is 6.54 Å². The van der Waals surface area contributed by atoms with Crippen molar-refractivity contribution in [2.75, 3.05) is 31.3 Å². The van der Waals surface area contributed by atoms with Crippen LogP contribution >= 0.6 is 35.7 Å². The van der Waals surface area contributed by atoms with Crippen molar-refractivity contribution in [2.45, 2.75) is 56.9 Å². The zero-order chi connectivity index (χ0) is 18.4. The predicted octanol–water partition coefficient (Wildman–Crippen LogP) is 4.49. The van der Waals surface area contributed by atoms with E-state index in [9.17, 15) is 0 Å². The molecule has 27 heavy (non-hydrogen) atoms. The summed E-state index contributed by atoms with van der Waals surface area (Å²) in [6, 6.07) is 9.58. The van der Waals surface area contributed by atoms with Gasteiger partial charge in [0.05, 0.1) is 0 Å². The number of hydrogen-bond donors (Lipinski definition) is 2. The predicted molar refractivity (Wildman–Crippen MR) is 131 cm³/mol. The van der Waals surface area contributed by atoms with Crippen molar-refractivity contribution in [1.29, 1.82) is 0 Å². The summed E-state index contributed by atoms with van der Waals surface area (Å²) in [5.41, 5.74) is 2.66. The lowest BCUT2D eigenvalue weighted by Crippen LogP contribution is -2.42. The van der Waals surface area contributed by atoms with Gasteiger partial charge in [0.25, 0.3) is 0 Å². The number of rotatable bonds is 5. The van der Waals surface area contributed by atoms with Crippen LogP contribution in [0, 0.1) is 5.92 Å². The molecule has 0 aromatic heterocycles. The first-order valence-corrected chi connectivity index (χ1v) is 11.3. The average Bonchev–Trinajstić information content (AvgIpc) is 3.14. The minimum absolute atomic E-state index is 0. The fourth-order valence-corrected chi connectivity index (χ4v) is 4.75. The second-order valence-electron chi connectivity index (χ2n) is 7.77. The highest BCUT2D eigenvalue weighted by Gasteiger charge is 2.24. The molecule has 4 nitrogen and oxygen atoms in total. The quantitative estimate of drug-likeness (QED) is 0.354. The van der Waals surface area contributed by atoms with E-state index in [-0.39, 0.29) is 24.0 Å². The van der Waals surface area contributed by atoms with Gasteiger partial charge in [-0.25, -0.2) is 0 Å². The van der Waals surface area contributed by atoms with E-state index >= 15 is 0 Å². The number of halogens is 1. The molecule has 2 fully saturated rings. The summed E-state index contributed by atoms with van der Waals surface area (Å²) in [6.07, 6.45) is 8.63. The molecule has 1 aliphatic carbocycles. The molecule has 2 unspecified atom stereocenters. The molecule has 6 heteroatoms. The van der Waals surface area contributed by atoms with Gasteiger partial charge in [-0.1, -0.05) is 19.1 Å². The van der Waals surface area contributed by atoms with E-state index in [1.165, 1.54) is 56.4 Å². The Labute approximate surface area is 186 Å². The first-order valence-electron chi connectivity index (χ1n) is 10.0. The van der Waals surface area contributed by atoms with Gasteiger partial charge in [-0.15, -0.1) is 24.0 Å². The fourth-order valence-electron chi connectivity index (χ4n) is 3.95. The van der Waals surface area contributed by atoms with Crippen molar-refractivity contribution in [3.05, 3.63) is 29.8 Å². The first kappa shape index (κ1) is 22.7. The number of nitrogens with zero attached hydrogens (tertiary/aromatic N) is 2. The summed E-state index contributed by atoms with van der Waals surface area (Å²) < 4.78 is 0. The van der Waals surface area contributed by atoms with Crippen LogP contribution in [0.25, 0.3) is 0 Å². The molecule has 1 aliphatic heterocycles. The number of benzene rings is 1. The van der Waals surface area contributed by atoms with Gasteiger partial charge in [-0.05, 0) is 62.0 Å². The van der Waals surface area contributed by atoms with Gasteiger partial charge in [0, 0.05) is 43.7 Å². The van der Waals surface area contributed by atoms with Crippen molar-refractivity contribution >= 4 is 47.4 Å². The van der Waals surface area contributed by atoms with E-state index < -0.39 is 0 Å². The molecule has 3 rings (SSSR count). The molecule has 1 aromatic carbocycles. The molecule has 0 bridgehead atoms. The molecule has 1 saturated carbocycles. The number of nitrogens with one attached hydrogen (secondary N) is 2. The van der Waals surface area contributed by atoms with Crippen molar-refractivity contribution in [3.8, 4) is 0 Å². The molecule has 0 radical (unpaired) electrons. The highest BCUT2D eigenvalue weighted by molar-refractivity contribution is 14.0. The van der Waals surface area contributed by atoms with Crippen LogP contribution in [0.4, 0.5) is 5.69 Å². The Balaban J connectivity index is 0.00000261. The highest BCUT2D eigenvalue weighted by Crippen LogP contribution is 2.28. The maximum atomic E-state index is 4.39. The summed E-state index contributed by atoms with van der Waals surface area (Å²) in [4.78, 5) is 6.91. The van der Waals surface area contributed by atoms with E-state index in [1.54, 1.807) is 0 Å². The van der Waals surface area contributed by atoms with Crippen molar-refractivity contribution < 1.29 is 0 Å². The number of aliphatic imine (C=N–C) groups is 1. The number of piperidine rings is 1. The lowest BCUT2D eigenvalue weighted by atomic mass is 9.99. The van der Waals surface area contributed by atoms with E-state index in [0.29, 0.717) is 6.04 Å². The number of hydrogen-bond acceptors (Lipinski definition) is 3. The van der Waals surface area contributed by atoms with Crippen LogP contribution in [-0.4, -0.2) is 43.6 Å². The normalized spacial score (nSPS) is 23.8. The van der Waals surface area contributed by atoms with Crippen LogP contribution in [0.1, 0.15) is 44.6 Å². The SMILES string of the molecule is CN=C(NCc1ccc(N2CCC(C)CC2)cc1)NC1CCC(SC)C1.I. The van der Waals surface area contributed by atoms with Crippen LogP contribution < -0.4 is 15.5 Å². The van der Waals surface area contributed by atoms with E-state index in [0.717, 1.165) is 23.7 Å². The highest BCUT2D eigenvalue weighted by atomic mass is 127. The maximum absolute atomic E-state index is 4.39. The minimum atomic E-state index is 0. The minimum Gasteiger partial charge on any atom is -0.372 e. The molecule has 0 amide bonds. The fraction of sp³-hybridized carbons (Fsp3) is 0.667. The van der Waals surface area contributed by atoms with Crippen LogP contribution in [0.15, 0.2) is 29.3 Å². The first-order chi connectivity index (χ1) is 12.7. The smallest absolute Gasteiger partial charge is 0.191 e. The van der Waals surface area contributed by atoms with Gasteiger partial charge in [0.2, 0.25) is 0 Å². The summed E-state index contributed by atoms with van der Waals surface area (Å²) in [5.74, 6) is 1.80.